The van der Waals surface area contributed by atoms with E-state index in [-0.39, 0.29) is 0 Å². The Morgan fingerprint density at radius 1 is 1.64 bits per heavy atom. The number of carboxylic acid groups (broad SMARTS) is 1. The predicted octanol–water partition coefficient (Wildman–Crippen LogP) is -0.541. The summed E-state index contributed by atoms with van der Waals surface area (Å²) >= 11 is 0. The van der Waals surface area contributed by atoms with Crippen LogP contribution in [-0.4, -0.2) is 34.7 Å². The van der Waals surface area contributed by atoms with Crippen molar-refractivity contribution in [2.24, 2.45) is 5.73 Å². The van der Waals surface area contributed by atoms with Crippen LogP contribution >= 0.6 is 0 Å². The van der Waals surface area contributed by atoms with E-state index in [0.717, 1.165) is 18.2 Å². The molecule has 0 aliphatic heterocycles. The van der Waals surface area contributed by atoms with Crippen LogP contribution in [0.2, 0.25) is 0 Å². The number of rotatable bonds is 3. The first-order chi connectivity index (χ1) is 6.63. The number of carboxylic acids is 1. The Labute approximate surface area is 82.7 Å². The van der Waals surface area contributed by atoms with Crippen molar-refractivity contribution in [2.45, 2.75) is 18.9 Å². The van der Waals surface area contributed by atoms with Crippen molar-refractivity contribution >= 4 is 18.6 Å². The van der Waals surface area contributed by atoms with Gasteiger partial charge in [-0.1, -0.05) is 0 Å². The molecule has 0 spiro atoms. The second-order valence-electron chi connectivity index (χ2n) is 3.17. The third kappa shape index (κ3) is 2.85. The Balaban J connectivity index is 2.54. The van der Waals surface area contributed by atoms with Gasteiger partial charge in [-0.25, -0.2) is 0 Å². The molecule has 74 valence electrons. The van der Waals surface area contributed by atoms with Gasteiger partial charge >= 0.3 is 81.9 Å². The van der Waals surface area contributed by atoms with Gasteiger partial charge in [0.05, 0.1) is 0 Å². The summed E-state index contributed by atoms with van der Waals surface area (Å²) in [6, 6.07) is -0.856. The van der Waals surface area contributed by atoms with Crippen LogP contribution in [0.25, 0.3) is 0 Å². The van der Waals surface area contributed by atoms with Crippen LogP contribution in [0.15, 0.2) is 23.8 Å². The van der Waals surface area contributed by atoms with Gasteiger partial charge in [-0.2, -0.15) is 0 Å². The van der Waals surface area contributed by atoms with Crippen molar-refractivity contribution in [3.63, 3.8) is 0 Å². The summed E-state index contributed by atoms with van der Waals surface area (Å²) < 4.78 is 0. The SMILES string of the molecule is N[C@@H](CC1=CCC(=BO)C=C1)C(=O)O. The Kier molecular flexibility index (Phi) is 3.65. The van der Waals surface area contributed by atoms with Gasteiger partial charge < -0.3 is 0 Å². The molecule has 0 radical (unpaired) electrons. The number of nitrogens with two attached hydrogens (primary N) is 1. The van der Waals surface area contributed by atoms with Crippen LogP contribution < -0.4 is 5.73 Å². The van der Waals surface area contributed by atoms with Gasteiger partial charge in [0.25, 0.3) is 0 Å². The Morgan fingerprint density at radius 2 is 2.36 bits per heavy atom. The molecule has 14 heavy (non-hydrogen) atoms. The molecule has 1 atom stereocenters. The van der Waals surface area contributed by atoms with E-state index in [4.69, 9.17) is 15.9 Å². The number of hydrogen-bond donors (Lipinski definition) is 3. The molecule has 0 bridgehead atoms. The maximum absolute atomic E-state index is 10.5. The van der Waals surface area contributed by atoms with Crippen molar-refractivity contribution in [3.8, 4) is 0 Å². The molecule has 4 N–H and O–H groups in total. The first-order valence-corrected chi connectivity index (χ1v) is 4.32. The Bertz CT molecular complexity index is 320. The molecule has 1 aliphatic rings. The van der Waals surface area contributed by atoms with E-state index in [2.05, 4.69) is 0 Å². The summed E-state index contributed by atoms with van der Waals surface area (Å²) in [5, 5.41) is 17.3. The van der Waals surface area contributed by atoms with E-state index in [0.29, 0.717) is 12.8 Å². The van der Waals surface area contributed by atoms with E-state index >= 15 is 0 Å². The molecule has 0 aromatic carbocycles. The molecule has 0 fully saturated rings. The number of carbonyl (C=O) groups is 1. The molecule has 0 amide bonds. The third-order valence-electron chi connectivity index (χ3n) is 2.05. The Hall–Kier alpha value is -1.36. The molecule has 1 rings (SSSR count). The molecular weight excluding hydrogens is 181 g/mol. The zero-order valence-electron chi connectivity index (χ0n) is 7.68. The van der Waals surface area contributed by atoms with Gasteiger partial charge in [0.15, 0.2) is 0 Å². The van der Waals surface area contributed by atoms with Crippen molar-refractivity contribution in [1.29, 1.82) is 0 Å². The third-order valence-corrected chi connectivity index (χ3v) is 2.05. The predicted molar refractivity (Wildman–Crippen MR) is 55.0 cm³/mol. The van der Waals surface area contributed by atoms with Crippen molar-refractivity contribution in [1.82, 2.24) is 0 Å². The fraction of sp³-hybridized carbons (Fsp3) is 0.333. The van der Waals surface area contributed by atoms with Crippen LogP contribution in [-0.2, 0) is 4.79 Å². The molecule has 0 heterocycles. The van der Waals surface area contributed by atoms with Crippen LogP contribution in [0.5, 0.6) is 0 Å². The summed E-state index contributed by atoms with van der Waals surface area (Å²) in [5.74, 6) is -0.997. The van der Waals surface area contributed by atoms with Gasteiger partial charge in [0.1, 0.15) is 0 Å². The number of aliphatic carboxylic acids is 1. The average molecular weight is 193 g/mol. The van der Waals surface area contributed by atoms with Crippen LogP contribution in [0.3, 0.4) is 0 Å². The fourth-order valence-electron chi connectivity index (χ4n) is 1.19. The van der Waals surface area contributed by atoms with Gasteiger partial charge in [-0.05, 0) is 0 Å². The van der Waals surface area contributed by atoms with Gasteiger partial charge in [-0.15, -0.1) is 0 Å². The van der Waals surface area contributed by atoms with Crippen LogP contribution in [0.4, 0.5) is 0 Å². The molecule has 0 aromatic heterocycles. The zero-order chi connectivity index (χ0) is 10.6. The summed E-state index contributed by atoms with van der Waals surface area (Å²) in [5.41, 5.74) is 7.07. The minimum atomic E-state index is -0.997. The maximum atomic E-state index is 10.5. The van der Waals surface area contributed by atoms with E-state index in [1.807, 2.05) is 6.08 Å². The van der Waals surface area contributed by atoms with Crippen molar-refractivity contribution in [3.05, 3.63) is 23.8 Å². The molecule has 4 nitrogen and oxygen atoms in total. The monoisotopic (exact) mass is 193 g/mol. The topological polar surface area (TPSA) is 83.5 Å². The van der Waals surface area contributed by atoms with Crippen molar-refractivity contribution in [2.75, 3.05) is 0 Å². The van der Waals surface area contributed by atoms with Crippen molar-refractivity contribution < 1.29 is 14.9 Å². The molecule has 1 aliphatic carbocycles. The molecule has 0 saturated carbocycles. The van der Waals surface area contributed by atoms with Gasteiger partial charge in [-0.3, -0.25) is 0 Å². The van der Waals surface area contributed by atoms with E-state index in [1.54, 1.807) is 12.2 Å². The van der Waals surface area contributed by atoms with Gasteiger partial charge in [0, 0.05) is 0 Å². The fourth-order valence-corrected chi connectivity index (χ4v) is 1.19. The molecular formula is C9H12BNO3. The van der Waals surface area contributed by atoms with Crippen LogP contribution in [0.1, 0.15) is 12.8 Å². The quantitative estimate of drug-likeness (QED) is 0.525. The molecule has 5 heteroatoms. The standard InChI is InChI=1S/C9H12BNO3/c11-8(9(12)13)5-6-1-3-7(10-14)4-2-6/h1-3,8,14H,4-5,11H2,(H,12,13)/t8-/m0/s1. The minimum absolute atomic E-state index is 0.324. The molecule has 0 unspecified atom stereocenters. The summed E-state index contributed by atoms with van der Waals surface area (Å²) in [7, 11) is 1.04. The summed E-state index contributed by atoms with van der Waals surface area (Å²) in [6.07, 6.45) is 6.34. The molecule has 0 saturated heterocycles. The number of hydrogen-bond acceptors (Lipinski definition) is 3. The van der Waals surface area contributed by atoms with E-state index in [9.17, 15) is 4.79 Å². The molecule has 0 aromatic rings. The second-order valence-corrected chi connectivity index (χ2v) is 3.17. The zero-order valence-corrected chi connectivity index (χ0v) is 7.68. The normalized spacial score (nSPS) is 20.1. The second kappa shape index (κ2) is 4.76. The van der Waals surface area contributed by atoms with Gasteiger partial charge in [0.2, 0.25) is 0 Å². The van der Waals surface area contributed by atoms with E-state index in [1.165, 1.54) is 0 Å². The first-order valence-electron chi connectivity index (χ1n) is 4.32. The first kappa shape index (κ1) is 10.7. The average Bonchev–Trinajstić information content (AvgIpc) is 2.19. The van der Waals surface area contributed by atoms with E-state index < -0.39 is 12.0 Å². The van der Waals surface area contributed by atoms with Crippen LogP contribution in [0, 0.1) is 0 Å². The Morgan fingerprint density at radius 3 is 2.79 bits per heavy atom. The summed E-state index contributed by atoms with van der Waals surface area (Å²) in [4.78, 5) is 10.5. The summed E-state index contributed by atoms with van der Waals surface area (Å²) in [6.45, 7) is 0. The number of allylic oxidation sites excluding steroid dienone is 3.